The summed E-state index contributed by atoms with van der Waals surface area (Å²) in [4.78, 5) is 12.9. The van der Waals surface area contributed by atoms with Gasteiger partial charge in [0.2, 0.25) is 11.9 Å². The minimum atomic E-state index is 0.458. The second-order valence-electron chi connectivity index (χ2n) is 4.24. The highest BCUT2D eigenvalue weighted by molar-refractivity contribution is 5.37. The maximum absolute atomic E-state index is 5.28. The van der Waals surface area contributed by atoms with Crippen LogP contribution in [0, 0.1) is 0 Å². The van der Waals surface area contributed by atoms with Crippen molar-refractivity contribution in [3.05, 3.63) is 42.6 Å². The molecule has 8 nitrogen and oxygen atoms in total. The lowest BCUT2D eigenvalue weighted by atomic mass is 10.3. The summed E-state index contributed by atoms with van der Waals surface area (Å²) in [6, 6.07) is 5.61. The van der Waals surface area contributed by atoms with Gasteiger partial charge in [0.25, 0.3) is 5.95 Å². The summed E-state index contributed by atoms with van der Waals surface area (Å²) in [7, 11) is 1.76. The van der Waals surface area contributed by atoms with Crippen LogP contribution in [-0.2, 0) is 6.42 Å². The molecule has 3 heterocycles. The second kappa shape index (κ2) is 6.04. The van der Waals surface area contributed by atoms with E-state index in [1.807, 2.05) is 18.2 Å². The van der Waals surface area contributed by atoms with Crippen molar-refractivity contribution in [2.45, 2.75) is 6.42 Å². The summed E-state index contributed by atoms with van der Waals surface area (Å²) in [6.45, 7) is 0.666. The van der Waals surface area contributed by atoms with Crippen LogP contribution in [-0.4, -0.2) is 38.3 Å². The van der Waals surface area contributed by atoms with Gasteiger partial charge in [-0.15, -0.1) is 0 Å². The Morgan fingerprint density at radius 3 is 2.81 bits per heavy atom. The molecule has 0 amide bonds. The highest BCUT2D eigenvalue weighted by Gasteiger charge is 2.07. The molecule has 0 fully saturated rings. The van der Waals surface area contributed by atoms with E-state index in [1.165, 1.54) is 0 Å². The fourth-order valence-electron chi connectivity index (χ4n) is 1.80. The van der Waals surface area contributed by atoms with Gasteiger partial charge in [-0.25, -0.2) is 4.68 Å². The van der Waals surface area contributed by atoms with Gasteiger partial charge in [0.05, 0.1) is 6.26 Å². The van der Waals surface area contributed by atoms with Crippen molar-refractivity contribution in [2.24, 2.45) is 0 Å². The Morgan fingerprint density at radius 1 is 1.19 bits per heavy atom. The van der Waals surface area contributed by atoms with Crippen molar-refractivity contribution in [2.75, 3.05) is 24.2 Å². The fraction of sp³-hybridized carbons (Fsp3) is 0.231. The molecule has 0 bridgehead atoms. The molecule has 0 atom stereocenters. The van der Waals surface area contributed by atoms with E-state index in [2.05, 4.69) is 30.7 Å². The molecule has 0 aliphatic rings. The first kappa shape index (κ1) is 13.1. The molecule has 0 saturated heterocycles. The van der Waals surface area contributed by atoms with Crippen LogP contribution in [0.5, 0.6) is 0 Å². The van der Waals surface area contributed by atoms with Crippen LogP contribution < -0.4 is 10.6 Å². The fourth-order valence-corrected chi connectivity index (χ4v) is 1.80. The van der Waals surface area contributed by atoms with Gasteiger partial charge >= 0.3 is 0 Å². The third-order valence-corrected chi connectivity index (χ3v) is 2.79. The van der Waals surface area contributed by atoms with Gasteiger partial charge in [-0.2, -0.15) is 20.1 Å². The number of hydrogen-bond donors (Lipinski definition) is 2. The van der Waals surface area contributed by atoms with E-state index in [0.29, 0.717) is 24.4 Å². The maximum Gasteiger partial charge on any atom is 0.257 e. The third kappa shape index (κ3) is 3.16. The number of furan rings is 1. The molecule has 3 aromatic heterocycles. The number of nitrogens with one attached hydrogen (secondary N) is 2. The van der Waals surface area contributed by atoms with Crippen LogP contribution in [0.3, 0.4) is 0 Å². The molecule has 0 spiro atoms. The lowest BCUT2D eigenvalue weighted by molar-refractivity contribution is 0.512. The van der Waals surface area contributed by atoms with Crippen molar-refractivity contribution in [3.8, 4) is 5.95 Å². The van der Waals surface area contributed by atoms with E-state index < -0.39 is 0 Å². The van der Waals surface area contributed by atoms with E-state index in [0.717, 1.165) is 12.2 Å². The largest absolute Gasteiger partial charge is 0.469 e. The van der Waals surface area contributed by atoms with E-state index in [1.54, 1.807) is 30.4 Å². The normalized spacial score (nSPS) is 10.5. The molecular weight excluding hydrogens is 270 g/mol. The summed E-state index contributed by atoms with van der Waals surface area (Å²) >= 11 is 0. The molecule has 108 valence electrons. The van der Waals surface area contributed by atoms with Gasteiger partial charge < -0.3 is 15.1 Å². The second-order valence-corrected chi connectivity index (χ2v) is 4.24. The minimum Gasteiger partial charge on any atom is -0.469 e. The van der Waals surface area contributed by atoms with Crippen LogP contribution in [0.1, 0.15) is 5.76 Å². The lowest BCUT2D eigenvalue weighted by Gasteiger charge is -2.08. The molecule has 0 aromatic carbocycles. The minimum absolute atomic E-state index is 0.458. The van der Waals surface area contributed by atoms with E-state index in [-0.39, 0.29) is 0 Å². The molecule has 8 heteroatoms. The molecule has 21 heavy (non-hydrogen) atoms. The van der Waals surface area contributed by atoms with Gasteiger partial charge in [0, 0.05) is 32.4 Å². The molecule has 0 radical (unpaired) electrons. The predicted octanol–water partition coefficient (Wildman–Crippen LogP) is 1.35. The first-order chi connectivity index (χ1) is 10.3. The number of nitrogens with zero attached hydrogens (tertiary/aromatic N) is 5. The van der Waals surface area contributed by atoms with Crippen molar-refractivity contribution >= 4 is 11.9 Å². The quantitative estimate of drug-likeness (QED) is 0.706. The number of rotatable bonds is 6. The van der Waals surface area contributed by atoms with Crippen LogP contribution in [0.15, 0.2) is 41.3 Å². The Kier molecular flexibility index (Phi) is 3.77. The molecule has 0 aliphatic carbocycles. The summed E-state index contributed by atoms with van der Waals surface area (Å²) in [5.41, 5.74) is 0. The first-order valence-electron chi connectivity index (χ1n) is 6.55. The monoisotopic (exact) mass is 285 g/mol. The number of aromatic nitrogens is 5. The Labute approximate surface area is 121 Å². The van der Waals surface area contributed by atoms with Gasteiger partial charge in [-0.1, -0.05) is 0 Å². The zero-order valence-electron chi connectivity index (χ0n) is 11.5. The molecule has 3 rings (SSSR count). The van der Waals surface area contributed by atoms with Crippen molar-refractivity contribution < 1.29 is 4.42 Å². The predicted molar refractivity (Wildman–Crippen MR) is 77.4 cm³/mol. The average Bonchev–Trinajstić information content (AvgIpc) is 3.20. The van der Waals surface area contributed by atoms with Crippen LogP contribution >= 0.6 is 0 Å². The Balaban J connectivity index is 1.73. The lowest BCUT2D eigenvalue weighted by Crippen LogP contribution is -2.13. The molecule has 0 saturated carbocycles. The smallest absolute Gasteiger partial charge is 0.257 e. The number of anilines is 2. The molecule has 3 aromatic rings. The summed E-state index contributed by atoms with van der Waals surface area (Å²) in [5, 5.41) is 10.2. The molecule has 0 unspecified atom stereocenters. The zero-order chi connectivity index (χ0) is 14.5. The van der Waals surface area contributed by atoms with Crippen molar-refractivity contribution in [1.29, 1.82) is 0 Å². The standard InChI is InChI=1S/C13H15N7O/c1-14-11-17-12(15-7-5-10-4-2-9-21-10)19-13(18-11)20-8-3-6-16-20/h2-4,6,8-9H,5,7H2,1H3,(H2,14,15,17,18,19). The summed E-state index contributed by atoms with van der Waals surface area (Å²) in [5.74, 6) is 2.35. The molecular formula is C13H15N7O. The molecule has 2 N–H and O–H groups in total. The average molecular weight is 285 g/mol. The van der Waals surface area contributed by atoms with Crippen LogP contribution in [0.25, 0.3) is 5.95 Å². The van der Waals surface area contributed by atoms with E-state index in [9.17, 15) is 0 Å². The summed E-state index contributed by atoms with van der Waals surface area (Å²) in [6.07, 6.45) is 5.87. The zero-order valence-corrected chi connectivity index (χ0v) is 11.5. The first-order valence-corrected chi connectivity index (χ1v) is 6.55. The van der Waals surface area contributed by atoms with Crippen molar-refractivity contribution in [3.63, 3.8) is 0 Å². The van der Waals surface area contributed by atoms with E-state index in [4.69, 9.17) is 4.42 Å². The topological polar surface area (TPSA) is 93.7 Å². The van der Waals surface area contributed by atoms with Gasteiger partial charge in [-0.3, -0.25) is 0 Å². The summed E-state index contributed by atoms with van der Waals surface area (Å²) < 4.78 is 6.86. The van der Waals surface area contributed by atoms with Crippen LogP contribution in [0.4, 0.5) is 11.9 Å². The van der Waals surface area contributed by atoms with Crippen LogP contribution in [0.2, 0.25) is 0 Å². The maximum atomic E-state index is 5.28. The Hall–Kier alpha value is -2.90. The highest BCUT2D eigenvalue weighted by Crippen LogP contribution is 2.08. The van der Waals surface area contributed by atoms with Crippen molar-refractivity contribution in [1.82, 2.24) is 24.7 Å². The Morgan fingerprint density at radius 2 is 2.10 bits per heavy atom. The van der Waals surface area contributed by atoms with Gasteiger partial charge in [0.1, 0.15) is 5.76 Å². The third-order valence-electron chi connectivity index (χ3n) is 2.79. The molecule has 0 aliphatic heterocycles. The van der Waals surface area contributed by atoms with Gasteiger partial charge in [-0.05, 0) is 18.2 Å². The highest BCUT2D eigenvalue weighted by atomic mass is 16.3. The number of hydrogen-bond acceptors (Lipinski definition) is 7. The van der Waals surface area contributed by atoms with E-state index >= 15 is 0 Å². The van der Waals surface area contributed by atoms with Gasteiger partial charge in [0.15, 0.2) is 0 Å². The Bertz CT molecular complexity index is 679. The SMILES string of the molecule is CNc1nc(NCCc2ccco2)nc(-n2cccn2)n1.